The van der Waals surface area contributed by atoms with E-state index in [9.17, 15) is 9.59 Å². The van der Waals surface area contributed by atoms with Gasteiger partial charge in [0, 0.05) is 18.7 Å². The molecule has 0 bridgehead atoms. The number of thioether (sulfide) groups is 1. The standard InChI is InChI=1S/C22H22N2O2S2/c1-14-4-7-17(8-5-14)13-19-21(26)24(22(27)28-19)11-10-20(25)23-18-9-6-15(2)16(3)12-18/h4-9,12-13H,10-11H2,1-3H3,(H,23,25)/b19-13-. The molecule has 1 heterocycles. The topological polar surface area (TPSA) is 49.4 Å². The number of nitrogens with zero attached hydrogens (tertiary/aromatic N) is 1. The fourth-order valence-electron chi connectivity index (χ4n) is 2.76. The predicted octanol–water partition coefficient (Wildman–Crippen LogP) is 4.84. The fourth-order valence-corrected chi connectivity index (χ4v) is 4.07. The summed E-state index contributed by atoms with van der Waals surface area (Å²) in [4.78, 5) is 27.0. The first-order valence-corrected chi connectivity index (χ1v) is 10.2. The van der Waals surface area contributed by atoms with Crippen LogP contribution in [0.15, 0.2) is 47.4 Å². The molecule has 4 nitrogen and oxygen atoms in total. The van der Waals surface area contributed by atoms with Crippen molar-refractivity contribution >= 4 is 51.9 Å². The molecule has 1 saturated heterocycles. The molecule has 0 aromatic heterocycles. The molecule has 144 valence electrons. The zero-order chi connectivity index (χ0) is 20.3. The third kappa shape index (κ3) is 4.88. The van der Waals surface area contributed by atoms with Crippen molar-refractivity contribution in [1.29, 1.82) is 0 Å². The molecule has 0 saturated carbocycles. The molecule has 28 heavy (non-hydrogen) atoms. The van der Waals surface area contributed by atoms with Gasteiger partial charge in [-0.15, -0.1) is 0 Å². The van der Waals surface area contributed by atoms with Crippen LogP contribution < -0.4 is 5.32 Å². The van der Waals surface area contributed by atoms with Crippen molar-refractivity contribution in [1.82, 2.24) is 4.90 Å². The van der Waals surface area contributed by atoms with Crippen LogP contribution in [0.25, 0.3) is 6.08 Å². The lowest BCUT2D eigenvalue weighted by molar-refractivity contribution is -0.122. The Labute approximate surface area is 175 Å². The van der Waals surface area contributed by atoms with Crippen LogP contribution in [-0.4, -0.2) is 27.6 Å². The lowest BCUT2D eigenvalue weighted by atomic mass is 10.1. The summed E-state index contributed by atoms with van der Waals surface area (Å²) in [6.45, 7) is 6.32. The Morgan fingerprint density at radius 1 is 1.11 bits per heavy atom. The van der Waals surface area contributed by atoms with Gasteiger partial charge in [0.2, 0.25) is 5.91 Å². The highest BCUT2D eigenvalue weighted by Crippen LogP contribution is 2.32. The van der Waals surface area contributed by atoms with Gasteiger partial charge in [0.15, 0.2) is 0 Å². The van der Waals surface area contributed by atoms with Gasteiger partial charge >= 0.3 is 0 Å². The molecule has 0 radical (unpaired) electrons. The maximum absolute atomic E-state index is 12.7. The van der Waals surface area contributed by atoms with Gasteiger partial charge in [0.1, 0.15) is 4.32 Å². The number of thiocarbonyl (C=S) groups is 1. The Morgan fingerprint density at radius 2 is 1.82 bits per heavy atom. The number of nitrogens with one attached hydrogen (secondary N) is 1. The van der Waals surface area contributed by atoms with Gasteiger partial charge in [-0.1, -0.05) is 59.9 Å². The molecule has 2 aromatic carbocycles. The third-order valence-electron chi connectivity index (χ3n) is 4.60. The van der Waals surface area contributed by atoms with E-state index < -0.39 is 0 Å². The number of anilines is 1. The molecule has 0 aliphatic carbocycles. The molecule has 0 unspecified atom stereocenters. The van der Waals surface area contributed by atoms with Crippen LogP contribution in [0.4, 0.5) is 5.69 Å². The van der Waals surface area contributed by atoms with Crippen molar-refractivity contribution in [3.05, 3.63) is 69.6 Å². The summed E-state index contributed by atoms with van der Waals surface area (Å²) in [6.07, 6.45) is 2.03. The van der Waals surface area contributed by atoms with Crippen molar-refractivity contribution in [3.63, 3.8) is 0 Å². The number of amides is 2. The molecular weight excluding hydrogens is 388 g/mol. The van der Waals surface area contributed by atoms with Crippen molar-refractivity contribution in [2.75, 3.05) is 11.9 Å². The summed E-state index contributed by atoms with van der Waals surface area (Å²) in [5.74, 6) is -0.283. The van der Waals surface area contributed by atoms with Crippen LogP contribution in [0.3, 0.4) is 0 Å². The highest BCUT2D eigenvalue weighted by molar-refractivity contribution is 8.26. The van der Waals surface area contributed by atoms with Crippen LogP contribution in [0, 0.1) is 20.8 Å². The highest BCUT2D eigenvalue weighted by Gasteiger charge is 2.32. The Balaban J connectivity index is 1.60. The maximum atomic E-state index is 12.7. The summed E-state index contributed by atoms with van der Waals surface area (Å²) < 4.78 is 0.488. The monoisotopic (exact) mass is 410 g/mol. The summed E-state index contributed by atoms with van der Waals surface area (Å²) in [6, 6.07) is 13.7. The number of hydrogen-bond donors (Lipinski definition) is 1. The Morgan fingerprint density at radius 3 is 2.50 bits per heavy atom. The van der Waals surface area contributed by atoms with Gasteiger partial charge < -0.3 is 5.32 Å². The van der Waals surface area contributed by atoms with E-state index in [2.05, 4.69) is 5.32 Å². The predicted molar refractivity (Wildman–Crippen MR) is 120 cm³/mol. The van der Waals surface area contributed by atoms with Gasteiger partial charge in [0.05, 0.1) is 4.91 Å². The third-order valence-corrected chi connectivity index (χ3v) is 5.98. The van der Waals surface area contributed by atoms with Crippen molar-refractivity contribution in [3.8, 4) is 0 Å². The van der Waals surface area contributed by atoms with Crippen molar-refractivity contribution < 1.29 is 9.59 Å². The largest absolute Gasteiger partial charge is 0.326 e. The number of rotatable bonds is 5. The van der Waals surface area contributed by atoms with E-state index in [0.29, 0.717) is 9.23 Å². The molecule has 6 heteroatoms. The van der Waals surface area contributed by atoms with Gasteiger partial charge in [0.25, 0.3) is 5.91 Å². The van der Waals surface area contributed by atoms with E-state index in [-0.39, 0.29) is 24.8 Å². The number of hydrogen-bond acceptors (Lipinski definition) is 4. The van der Waals surface area contributed by atoms with E-state index in [4.69, 9.17) is 12.2 Å². The minimum atomic E-state index is -0.144. The van der Waals surface area contributed by atoms with E-state index in [1.165, 1.54) is 27.8 Å². The Bertz CT molecular complexity index is 965. The van der Waals surface area contributed by atoms with E-state index >= 15 is 0 Å². The second-order valence-electron chi connectivity index (χ2n) is 6.84. The van der Waals surface area contributed by atoms with E-state index in [0.717, 1.165) is 16.8 Å². The van der Waals surface area contributed by atoms with Crippen LogP contribution in [0.2, 0.25) is 0 Å². The van der Waals surface area contributed by atoms with Crippen molar-refractivity contribution in [2.45, 2.75) is 27.2 Å². The van der Waals surface area contributed by atoms with Gasteiger partial charge in [-0.3, -0.25) is 14.5 Å². The average molecular weight is 411 g/mol. The first-order valence-electron chi connectivity index (χ1n) is 9.02. The smallest absolute Gasteiger partial charge is 0.266 e. The highest BCUT2D eigenvalue weighted by atomic mass is 32.2. The van der Waals surface area contributed by atoms with Crippen LogP contribution in [0.5, 0.6) is 0 Å². The molecule has 3 rings (SSSR count). The second-order valence-corrected chi connectivity index (χ2v) is 8.52. The summed E-state index contributed by atoms with van der Waals surface area (Å²) in [5, 5.41) is 2.88. The van der Waals surface area contributed by atoms with E-state index in [1.54, 1.807) is 0 Å². The number of benzene rings is 2. The normalized spacial score (nSPS) is 15.4. The molecule has 1 N–H and O–H groups in total. The second kappa shape index (κ2) is 8.71. The Kier molecular flexibility index (Phi) is 6.31. The molecular formula is C22H22N2O2S2. The molecule has 1 fully saturated rings. The zero-order valence-electron chi connectivity index (χ0n) is 16.1. The number of carbonyl (C=O) groups is 2. The molecule has 2 amide bonds. The molecule has 0 spiro atoms. The summed E-state index contributed by atoms with van der Waals surface area (Å²) >= 11 is 6.62. The first-order chi connectivity index (χ1) is 13.3. The van der Waals surface area contributed by atoms with Gasteiger partial charge in [-0.05, 0) is 55.7 Å². The van der Waals surface area contributed by atoms with Gasteiger partial charge in [-0.2, -0.15) is 0 Å². The van der Waals surface area contributed by atoms with Crippen LogP contribution >= 0.6 is 24.0 Å². The van der Waals surface area contributed by atoms with Crippen LogP contribution in [-0.2, 0) is 9.59 Å². The van der Waals surface area contributed by atoms with Crippen molar-refractivity contribution in [2.24, 2.45) is 0 Å². The maximum Gasteiger partial charge on any atom is 0.266 e. The molecule has 2 aromatic rings. The molecule has 1 aliphatic heterocycles. The number of aryl methyl sites for hydroxylation is 3. The summed E-state index contributed by atoms with van der Waals surface area (Å²) in [7, 11) is 0. The number of carbonyl (C=O) groups excluding carboxylic acids is 2. The lowest BCUT2D eigenvalue weighted by Crippen LogP contribution is -2.31. The fraction of sp³-hybridized carbons (Fsp3) is 0.227. The minimum absolute atomic E-state index is 0.139. The van der Waals surface area contributed by atoms with Crippen LogP contribution in [0.1, 0.15) is 28.7 Å². The van der Waals surface area contributed by atoms with E-state index in [1.807, 2.05) is 69.3 Å². The average Bonchev–Trinajstić information content (AvgIpc) is 2.91. The van der Waals surface area contributed by atoms with Gasteiger partial charge in [-0.25, -0.2) is 0 Å². The zero-order valence-corrected chi connectivity index (χ0v) is 17.7. The Hall–Kier alpha value is -2.44. The SMILES string of the molecule is Cc1ccc(/C=C2\SC(=S)N(CCC(=O)Nc3ccc(C)c(C)c3)C2=O)cc1. The first kappa shape index (κ1) is 20.3. The quantitative estimate of drug-likeness (QED) is 0.566. The summed E-state index contributed by atoms with van der Waals surface area (Å²) in [5.41, 5.74) is 5.18. The minimum Gasteiger partial charge on any atom is -0.326 e. The lowest BCUT2D eigenvalue weighted by Gasteiger charge is -2.14. The molecule has 0 atom stereocenters. The molecule has 1 aliphatic rings.